The first-order valence-corrected chi connectivity index (χ1v) is 3.93. The zero-order valence-electron chi connectivity index (χ0n) is 6.50. The van der Waals surface area contributed by atoms with E-state index in [9.17, 15) is 4.79 Å². The molecular formula is C5H7N4OSY-. The average molecular weight is 260 g/mol. The number of nitrogens with one attached hydrogen (secondary N) is 2. The Hall–Kier alpha value is 0.0639. The molecule has 0 aliphatic carbocycles. The molecule has 7 heteroatoms. The number of hydrogen-bond acceptors (Lipinski definition) is 4. The van der Waals surface area contributed by atoms with Crippen LogP contribution in [0.3, 0.4) is 0 Å². The van der Waals surface area contributed by atoms with Gasteiger partial charge in [0.15, 0.2) is 0 Å². The Morgan fingerprint density at radius 1 is 1.75 bits per heavy atom. The summed E-state index contributed by atoms with van der Waals surface area (Å²) >= 11 is 1.16. The molecule has 1 heterocycles. The second-order valence-electron chi connectivity index (χ2n) is 1.92. The molecule has 0 unspecified atom stereocenters. The molecule has 12 heavy (non-hydrogen) atoms. The van der Waals surface area contributed by atoms with E-state index in [1.165, 1.54) is 0 Å². The van der Waals surface area contributed by atoms with E-state index in [1.54, 1.807) is 6.92 Å². The molecule has 1 amide bonds. The molecule has 0 atom stereocenters. The van der Waals surface area contributed by atoms with Gasteiger partial charge in [-0.2, -0.15) is 0 Å². The third-order valence-electron chi connectivity index (χ3n) is 0.909. The minimum atomic E-state index is -0.613. The van der Waals surface area contributed by atoms with Gasteiger partial charge in [0, 0.05) is 38.5 Å². The maximum absolute atomic E-state index is 10.2. The summed E-state index contributed by atoms with van der Waals surface area (Å²) in [6.45, 7) is 1.78. The first-order valence-electron chi connectivity index (χ1n) is 2.94. The van der Waals surface area contributed by atoms with Gasteiger partial charge < -0.3 is 10.5 Å². The fourth-order valence-electron chi connectivity index (χ4n) is 0.517. The van der Waals surface area contributed by atoms with Crippen molar-refractivity contribution in [1.82, 2.24) is 15.2 Å². The van der Waals surface area contributed by atoms with Crippen LogP contribution in [0.1, 0.15) is 5.82 Å². The number of aryl methyl sites for hydroxylation is 1. The van der Waals surface area contributed by atoms with Gasteiger partial charge in [0.1, 0.15) is 5.82 Å². The van der Waals surface area contributed by atoms with Crippen LogP contribution in [-0.2, 0) is 37.5 Å². The molecule has 0 aromatic carbocycles. The second-order valence-corrected chi connectivity index (χ2v) is 2.86. The van der Waals surface area contributed by atoms with Gasteiger partial charge in [0.05, 0.1) is 5.91 Å². The SMILES string of the molecule is Cc1nc(SCC([NH-])=O)n[nH]1.[Y]. The zero-order valence-corrected chi connectivity index (χ0v) is 10.2. The van der Waals surface area contributed by atoms with Crippen molar-refractivity contribution in [2.75, 3.05) is 5.75 Å². The monoisotopic (exact) mass is 260 g/mol. The number of carbonyl (C=O) groups is 1. The maximum Gasteiger partial charge on any atom is 0.208 e. The Bertz CT molecular complexity index is 264. The Balaban J connectivity index is 0.00000121. The van der Waals surface area contributed by atoms with Gasteiger partial charge in [0.2, 0.25) is 5.16 Å². The van der Waals surface area contributed by atoms with Crippen LogP contribution in [0.4, 0.5) is 0 Å². The van der Waals surface area contributed by atoms with E-state index in [0.717, 1.165) is 11.8 Å². The molecule has 0 saturated carbocycles. The molecular weight excluding hydrogens is 253 g/mol. The number of aromatic amines is 1. The number of carbonyl (C=O) groups excluding carboxylic acids is 1. The fourth-order valence-corrected chi connectivity index (χ4v) is 1.09. The Labute approximate surface area is 99.2 Å². The summed E-state index contributed by atoms with van der Waals surface area (Å²) in [7, 11) is 0. The van der Waals surface area contributed by atoms with Gasteiger partial charge in [-0.3, -0.25) is 5.10 Å². The van der Waals surface area contributed by atoms with Crippen molar-refractivity contribution in [2.45, 2.75) is 12.1 Å². The van der Waals surface area contributed by atoms with Crippen LogP contribution in [-0.4, -0.2) is 26.8 Å². The Morgan fingerprint density at radius 3 is 2.83 bits per heavy atom. The molecule has 2 N–H and O–H groups in total. The van der Waals surface area contributed by atoms with Crippen LogP contribution in [0.2, 0.25) is 0 Å². The third-order valence-corrected chi connectivity index (χ3v) is 1.76. The smallest absolute Gasteiger partial charge is 0.208 e. The number of thioether (sulfide) groups is 1. The fraction of sp³-hybridized carbons (Fsp3) is 0.400. The molecule has 0 fully saturated rings. The van der Waals surface area contributed by atoms with Crippen LogP contribution in [0.5, 0.6) is 0 Å². The van der Waals surface area contributed by atoms with Crippen molar-refractivity contribution in [3.63, 3.8) is 0 Å². The minimum Gasteiger partial charge on any atom is -0.667 e. The normalized spacial score (nSPS) is 9.08. The molecule has 1 aromatic heterocycles. The molecule has 0 aliphatic rings. The van der Waals surface area contributed by atoms with Gasteiger partial charge in [-0.15, -0.1) is 5.10 Å². The van der Waals surface area contributed by atoms with Crippen molar-refractivity contribution < 1.29 is 37.5 Å². The standard InChI is InChI=1S/C5H8N4OS.Y/c1-3-7-5(9-8-3)11-2-4(6)10;/h2H2,1H3,(H3,6,7,8,9,10);/p-1. The molecule has 0 spiro atoms. The molecule has 1 aromatic rings. The first kappa shape index (κ1) is 12.1. The largest absolute Gasteiger partial charge is 0.667 e. The van der Waals surface area contributed by atoms with Crippen molar-refractivity contribution in [2.24, 2.45) is 0 Å². The summed E-state index contributed by atoms with van der Waals surface area (Å²) in [5.74, 6) is 0.208. The molecule has 63 valence electrons. The molecule has 0 saturated heterocycles. The van der Waals surface area contributed by atoms with Crippen LogP contribution in [0, 0.1) is 6.92 Å². The number of rotatable bonds is 3. The van der Waals surface area contributed by atoms with Gasteiger partial charge in [0.25, 0.3) is 0 Å². The molecule has 1 rings (SSSR count). The quantitative estimate of drug-likeness (QED) is 0.814. The van der Waals surface area contributed by atoms with Gasteiger partial charge in [-0.05, 0) is 6.92 Å². The summed E-state index contributed by atoms with van der Waals surface area (Å²) in [6, 6.07) is 0. The number of hydrogen-bond donors (Lipinski definition) is 1. The van der Waals surface area contributed by atoms with Crippen LogP contribution >= 0.6 is 11.8 Å². The van der Waals surface area contributed by atoms with Crippen molar-refractivity contribution in [3.8, 4) is 0 Å². The average Bonchev–Trinajstić information content (AvgIpc) is 2.31. The van der Waals surface area contributed by atoms with E-state index >= 15 is 0 Å². The summed E-state index contributed by atoms with van der Waals surface area (Å²) in [4.78, 5) is 14.1. The maximum atomic E-state index is 10.2. The summed E-state index contributed by atoms with van der Waals surface area (Å²) in [5.41, 5.74) is 6.61. The van der Waals surface area contributed by atoms with E-state index in [2.05, 4.69) is 15.2 Å². The summed E-state index contributed by atoms with van der Waals surface area (Å²) < 4.78 is 0. The molecule has 5 nitrogen and oxygen atoms in total. The molecule has 1 radical (unpaired) electrons. The predicted octanol–water partition coefficient (Wildman–Crippen LogP) is 0.782. The molecule has 0 aliphatic heterocycles. The molecule has 0 bridgehead atoms. The number of nitrogens with zero attached hydrogens (tertiary/aromatic N) is 2. The zero-order chi connectivity index (χ0) is 8.27. The van der Waals surface area contributed by atoms with Crippen molar-refractivity contribution in [1.29, 1.82) is 0 Å². The number of H-pyrrole nitrogens is 1. The van der Waals surface area contributed by atoms with E-state index < -0.39 is 5.91 Å². The predicted molar refractivity (Wildman–Crippen MR) is 41.2 cm³/mol. The minimum absolute atomic E-state index is 0. The first-order chi connectivity index (χ1) is 5.18. The van der Waals surface area contributed by atoms with Crippen LogP contribution < -0.4 is 0 Å². The van der Waals surface area contributed by atoms with Crippen molar-refractivity contribution >= 4 is 17.7 Å². The third kappa shape index (κ3) is 4.18. The summed E-state index contributed by atoms with van der Waals surface area (Å²) in [6.07, 6.45) is 0. The van der Waals surface area contributed by atoms with Crippen LogP contribution in [0.25, 0.3) is 5.73 Å². The Morgan fingerprint density at radius 2 is 2.42 bits per heavy atom. The van der Waals surface area contributed by atoms with Crippen LogP contribution in [0.15, 0.2) is 5.16 Å². The van der Waals surface area contributed by atoms with E-state index in [0.29, 0.717) is 11.0 Å². The van der Waals surface area contributed by atoms with E-state index in [1.807, 2.05) is 0 Å². The van der Waals surface area contributed by atoms with E-state index in [-0.39, 0.29) is 38.5 Å². The summed E-state index contributed by atoms with van der Waals surface area (Å²) in [5, 5.41) is 6.93. The van der Waals surface area contributed by atoms with Gasteiger partial charge in [-0.25, -0.2) is 4.98 Å². The number of aromatic nitrogens is 3. The van der Waals surface area contributed by atoms with E-state index in [4.69, 9.17) is 5.73 Å². The topological polar surface area (TPSA) is 82.4 Å². The van der Waals surface area contributed by atoms with Gasteiger partial charge >= 0.3 is 0 Å². The number of amides is 1. The second kappa shape index (κ2) is 5.67. The van der Waals surface area contributed by atoms with Gasteiger partial charge in [-0.1, -0.05) is 11.8 Å². The van der Waals surface area contributed by atoms with Crippen molar-refractivity contribution in [3.05, 3.63) is 11.6 Å². The Kier molecular flexibility index (Phi) is 5.70.